The van der Waals surface area contributed by atoms with Gasteiger partial charge in [-0.15, -0.1) is 0 Å². The first kappa shape index (κ1) is 37.5. The molecule has 0 aliphatic carbocycles. The average molecular weight is 679 g/mol. The Labute approximate surface area is 293 Å². The molecule has 4 rings (SSSR count). The van der Waals surface area contributed by atoms with Gasteiger partial charge in [0.25, 0.3) is 0 Å². The van der Waals surface area contributed by atoms with Gasteiger partial charge in [-0.1, -0.05) is 128 Å². The first-order chi connectivity index (χ1) is 24.3. The molecule has 10 heteroatoms. The van der Waals surface area contributed by atoms with E-state index in [-0.39, 0.29) is 18.9 Å². The van der Waals surface area contributed by atoms with E-state index in [1.54, 1.807) is 0 Å². The summed E-state index contributed by atoms with van der Waals surface area (Å²) < 4.78 is 0. The number of rotatable bonds is 21. The van der Waals surface area contributed by atoms with Gasteiger partial charge >= 0.3 is 12.2 Å². The highest BCUT2D eigenvalue weighted by molar-refractivity contribution is 5.68. The predicted octanol–water partition coefficient (Wildman–Crippen LogP) is 5.92. The summed E-state index contributed by atoms with van der Waals surface area (Å²) in [6, 6.07) is 36.4. The smallest absolute Gasteiger partial charge is 0.419 e. The number of carbonyl (C=O) groups excluding carboxylic acids is 2. The quantitative estimate of drug-likeness (QED) is 0.0316. The number of carbonyl (C=O) groups is 4. The molecule has 4 atom stereocenters. The van der Waals surface area contributed by atoms with Crippen molar-refractivity contribution in [1.29, 1.82) is 0 Å². The Morgan fingerprint density at radius 3 is 1.62 bits per heavy atom. The van der Waals surface area contributed by atoms with E-state index in [9.17, 15) is 29.4 Å². The molecule has 5 N–H and O–H groups in total. The van der Waals surface area contributed by atoms with Crippen LogP contribution in [-0.2, 0) is 35.3 Å². The Hall–Kier alpha value is -5.32. The van der Waals surface area contributed by atoms with Gasteiger partial charge in [0, 0.05) is 12.3 Å². The fraction of sp³-hybridized carbons (Fsp3) is 0.300. The van der Waals surface area contributed by atoms with Crippen LogP contribution in [-0.4, -0.2) is 64.3 Å². The highest BCUT2D eigenvalue weighted by Gasteiger charge is 2.49. The number of hydrazine groups is 1. The van der Waals surface area contributed by atoms with Crippen molar-refractivity contribution in [3.63, 3.8) is 0 Å². The second kappa shape index (κ2) is 19.6. The second-order valence-electron chi connectivity index (χ2n) is 12.5. The van der Waals surface area contributed by atoms with E-state index in [0.29, 0.717) is 44.9 Å². The Morgan fingerprint density at radius 2 is 1.14 bits per heavy atom. The van der Waals surface area contributed by atoms with Gasteiger partial charge in [0.2, 0.25) is 0 Å². The topological polar surface area (TPSA) is 148 Å². The lowest BCUT2D eigenvalue weighted by molar-refractivity contribution is -0.122. The summed E-state index contributed by atoms with van der Waals surface area (Å²) in [5, 5.41) is 28.0. The standard InChI is InChI=1S/C40H46N4O6/c45-29-36(26-32-17-7-2-8-18-32)41-24-14-13-23-35(25-31-15-5-1-6-16-31)40(42-38(47)48,28-34-21-11-4-12-22-34)44(43-39(49)50)37(30-46)27-33-19-9-3-10-20-33/h1-12,15-22,29-30,35-37,41-43H,13-14,23-28H2,(H,47,48)(H,49,50)/t35-,36?,37-,40?/m0/s1. The summed E-state index contributed by atoms with van der Waals surface area (Å²) in [7, 11) is 0. The van der Waals surface area contributed by atoms with E-state index in [1.165, 1.54) is 5.01 Å². The molecular formula is C40H46N4O6. The maximum Gasteiger partial charge on any atom is 0.419 e. The minimum atomic E-state index is -1.60. The van der Waals surface area contributed by atoms with Crippen molar-refractivity contribution in [2.75, 3.05) is 6.54 Å². The van der Waals surface area contributed by atoms with Gasteiger partial charge in [-0.3, -0.25) is 5.43 Å². The maximum atomic E-state index is 12.9. The zero-order valence-corrected chi connectivity index (χ0v) is 28.1. The first-order valence-corrected chi connectivity index (χ1v) is 16.9. The summed E-state index contributed by atoms with van der Waals surface area (Å²) >= 11 is 0. The number of amides is 2. The molecule has 2 amide bonds. The van der Waals surface area contributed by atoms with Crippen LogP contribution in [0.2, 0.25) is 0 Å². The number of carboxylic acid groups (broad SMARTS) is 2. The molecule has 2 unspecified atom stereocenters. The van der Waals surface area contributed by atoms with E-state index in [1.807, 2.05) is 121 Å². The Morgan fingerprint density at radius 1 is 0.640 bits per heavy atom. The fourth-order valence-electron chi connectivity index (χ4n) is 6.61. The number of hydrogen-bond acceptors (Lipinski definition) is 6. The molecule has 0 aliphatic heterocycles. The molecule has 50 heavy (non-hydrogen) atoms. The summed E-state index contributed by atoms with van der Waals surface area (Å²) in [6.45, 7) is 0.550. The van der Waals surface area contributed by atoms with Gasteiger partial charge in [-0.05, 0) is 60.9 Å². The number of benzene rings is 4. The van der Waals surface area contributed by atoms with Crippen molar-refractivity contribution in [3.8, 4) is 0 Å². The minimum absolute atomic E-state index is 0.0690. The molecular weight excluding hydrogens is 632 g/mol. The molecule has 0 radical (unpaired) electrons. The second-order valence-corrected chi connectivity index (χ2v) is 12.5. The highest BCUT2D eigenvalue weighted by atomic mass is 16.4. The van der Waals surface area contributed by atoms with Gasteiger partial charge in [0.15, 0.2) is 0 Å². The predicted molar refractivity (Wildman–Crippen MR) is 193 cm³/mol. The summed E-state index contributed by atoms with van der Waals surface area (Å²) in [5.41, 5.74) is 4.41. The van der Waals surface area contributed by atoms with Gasteiger partial charge in [-0.25, -0.2) is 9.59 Å². The van der Waals surface area contributed by atoms with Gasteiger partial charge in [0.05, 0.1) is 12.1 Å². The van der Waals surface area contributed by atoms with Crippen LogP contribution in [0.15, 0.2) is 121 Å². The zero-order chi connectivity index (χ0) is 35.6. The molecule has 10 nitrogen and oxygen atoms in total. The van der Waals surface area contributed by atoms with Crippen molar-refractivity contribution in [1.82, 2.24) is 21.1 Å². The van der Waals surface area contributed by atoms with Crippen LogP contribution in [0.4, 0.5) is 9.59 Å². The molecule has 0 aliphatic rings. The van der Waals surface area contributed by atoms with Crippen molar-refractivity contribution in [2.24, 2.45) is 5.92 Å². The Kier molecular flexibility index (Phi) is 14.7. The Bertz CT molecular complexity index is 1610. The molecule has 262 valence electrons. The van der Waals surface area contributed by atoms with Crippen LogP contribution in [0.1, 0.15) is 41.5 Å². The van der Waals surface area contributed by atoms with Crippen LogP contribution in [0, 0.1) is 5.92 Å². The zero-order valence-electron chi connectivity index (χ0n) is 28.1. The van der Waals surface area contributed by atoms with Crippen LogP contribution >= 0.6 is 0 Å². The number of nitrogens with zero attached hydrogens (tertiary/aromatic N) is 1. The lowest BCUT2D eigenvalue weighted by Crippen LogP contribution is -2.73. The van der Waals surface area contributed by atoms with E-state index >= 15 is 0 Å². The van der Waals surface area contributed by atoms with E-state index in [0.717, 1.165) is 28.5 Å². The summed E-state index contributed by atoms with van der Waals surface area (Å²) in [4.78, 5) is 50.1. The van der Waals surface area contributed by atoms with Crippen LogP contribution < -0.4 is 16.1 Å². The monoisotopic (exact) mass is 678 g/mol. The number of unbranched alkanes of at least 4 members (excludes halogenated alkanes) is 1. The van der Waals surface area contributed by atoms with Crippen molar-refractivity contribution < 1.29 is 29.4 Å². The van der Waals surface area contributed by atoms with E-state index < -0.39 is 29.8 Å². The molecule has 0 fully saturated rings. The van der Waals surface area contributed by atoms with E-state index in [2.05, 4.69) is 16.1 Å². The molecule has 4 aromatic carbocycles. The van der Waals surface area contributed by atoms with Crippen LogP contribution in [0.5, 0.6) is 0 Å². The van der Waals surface area contributed by atoms with Gasteiger partial charge < -0.3 is 30.4 Å². The first-order valence-electron chi connectivity index (χ1n) is 16.9. The van der Waals surface area contributed by atoms with Crippen molar-refractivity contribution in [3.05, 3.63) is 144 Å². The number of nitrogens with one attached hydrogen (secondary N) is 3. The maximum absolute atomic E-state index is 12.9. The molecule has 0 aromatic heterocycles. The molecule has 0 bridgehead atoms. The van der Waals surface area contributed by atoms with Crippen molar-refractivity contribution in [2.45, 2.75) is 62.7 Å². The minimum Gasteiger partial charge on any atom is -0.465 e. The molecule has 4 aromatic rings. The molecule has 0 heterocycles. The number of aldehydes is 2. The third-order valence-corrected chi connectivity index (χ3v) is 8.91. The highest BCUT2D eigenvalue weighted by Crippen LogP contribution is 2.35. The van der Waals surface area contributed by atoms with Crippen molar-refractivity contribution >= 4 is 24.8 Å². The summed E-state index contributed by atoms with van der Waals surface area (Å²) in [5.74, 6) is -0.516. The SMILES string of the molecule is O=CC(Cc1ccccc1)NCCCC[C@@H](Cc1ccccc1)C(Cc1ccccc1)(NC(=O)O)N(NC(=O)O)[C@H](C=O)Cc1ccccc1. The average Bonchev–Trinajstić information content (AvgIpc) is 3.13. The third kappa shape index (κ3) is 11.4. The fourth-order valence-corrected chi connectivity index (χ4v) is 6.61. The van der Waals surface area contributed by atoms with Crippen LogP contribution in [0.3, 0.4) is 0 Å². The van der Waals surface area contributed by atoms with Gasteiger partial charge in [-0.2, -0.15) is 5.01 Å². The molecule has 0 saturated carbocycles. The molecule has 0 saturated heterocycles. The van der Waals surface area contributed by atoms with Crippen LogP contribution in [0.25, 0.3) is 0 Å². The molecule has 0 spiro atoms. The van der Waals surface area contributed by atoms with Gasteiger partial charge in [0.1, 0.15) is 18.2 Å². The number of hydrogen-bond donors (Lipinski definition) is 5. The third-order valence-electron chi connectivity index (χ3n) is 8.91. The normalized spacial score (nSPS) is 14.1. The largest absolute Gasteiger partial charge is 0.465 e. The summed E-state index contributed by atoms with van der Waals surface area (Å²) in [6.07, 6.45) is 1.75. The Balaban J connectivity index is 1.71. The lowest BCUT2D eigenvalue weighted by Gasteiger charge is -2.50. The van der Waals surface area contributed by atoms with E-state index in [4.69, 9.17) is 0 Å². The lowest BCUT2D eigenvalue weighted by atomic mass is 9.78.